The molecule has 0 bridgehead atoms. The van der Waals surface area contributed by atoms with Crippen LogP contribution >= 0.6 is 11.8 Å². The lowest BCUT2D eigenvalue weighted by molar-refractivity contribution is -0.118. The first-order valence-corrected chi connectivity index (χ1v) is 12.3. The zero-order chi connectivity index (χ0) is 24.9. The monoisotopic (exact) mass is 496 g/mol. The second kappa shape index (κ2) is 10.5. The first-order chi connectivity index (χ1) is 17.6. The lowest BCUT2D eigenvalue weighted by Gasteiger charge is -2.11. The number of aromatic amines is 1. The van der Waals surface area contributed by atoms with Crippen molar-refractivity contribution in [3.8, 4) is 22.8 Å². The number of H-pyrrole nitrogens is 1. The Morgan fingerprint density at radius 3 is 2.64 bits per heavy atom. The third kappa shape index (κ3) is 5.01. The fourth-order valence-corrected chi connectivity index (χ4v) is 4.50. The van der Waals surface area contributed by atoms with Gasteiger partial charge in [-0.2, -0.15) is 5.10 Å². The summed E-state index contributed by atoms with van der Waals surface area (Å²) in [7, 11) is 1.63. The third-order valence-corrected chi connectivity index (χ3v) is 6.55. The first kappa shape index (κ1) is 23.4. The van der Waals surface area contributed by atoms with Crippen molar-refractivity contribution in [2.24, 2.45) is 5.10 Å². The minimum atomic E-state index is -0.236. The molecule has 5 aromatic rings. The Balaban J connectivity index is 1.32. The molecule has 9 heteroatoms. The molecule has 0 aliphatic heterocycles. The van der Waals surface area contributed by atoms with Gasteiger partial charge in [0, 0.05) is 33.9 Å². The summed E-state index contributed by atoms with van der Waals surface area (Å²) in [4.78, 5) is 15.7. The second-order valence-corrected chi connectivity index (χ2v) is 9.02. The van der Waals surface area contributed by atoms with Gasteiger partial charge in [-0.25, -0.2) is 5.43 Å². The van der Waals surface area contributed by atoms with Gasteiger partial charge >= 0.3 is 0 Å². The second-order valence-electron chi connectivity index (χ2n) is 8.08. The van der Waals surface area contributed by atoms with E-state index in [9.17, 15) is 4.79 Å². The van der Waals surface area contributed by atoms with Gasteiger partial charge in [0.05, 0.1) is 19.1 Å². The van der Waals surface area contributed by atoms with Crippen molar-refractivity contribution in [2.45, 2.75) is 12.1 Å². The van der Waals surface area contributed by atoms with Crippen molar-refractivity contribution in [2.75, 3.05) is 12.9 Å². The Hall–Kier alpha value is -4.37. The van der Waals surface area contributed by atoms with Crippen LogP contribution in [-0.2, 0) is 4.79 Å². The van der Waals surface area contributed by atoms with Crippen LogP contribution in [0.2, 0.25) is 0 Å². The summed E-state index contributed by atoms with van der Waals surface area (Å²) < 4.78 is 7.23. The molecular weight excluding hydrogens is 472 g/mol. The zero-order valence-electron chi connectivity index (χ0n) is 19.8. The molecule has 2 aromatic heterocycles. The van der Waals surface area contributed by atoms with Crippen molar-refractivity contribution < 1.29 is 9.53 Å². The maximum absolute atomic E-state index is 12.5. The number of benzene rings is 3. The number of rotatable bonds is 8. The number of ether oxygens (including phenoxy) is 1. The third-order valence-electron chi connectivity index (χ3n) is 5.62. The Labute approximate surface area is 212 Å². The van der Waals surface area contributed by atoms with Gasteiger partial charge in [0.25, 0.3) is 5.91 Å². The van der Waals surface area contributed by atoms with Crippen LogP contribution in [0.25, 0.3) is 28.0 Å². The van der Waals surface area contributed by atoms with E-state index in [1.807, 2.05) is 90.5 Å². The van der Waals surface area contributed by atoms with Gasteiger partial charge in [-0.05, 0) is 49.4 Å². The molecule has 2 N–H and O–H groups in total. The number of hydrogen-bond acceptors (Lipinski definition) is 6. The lowest BCUT2D eigenvalue weighted by Crippen LogP contribution is -2.20. The molecule has 0 aliphatic carbocycles. The van der Waals surface area contributed by atoms with Crippen LogP contribution in [0, 0.1) is 6.92 Å². The van der Waals surface area contributed by atoms with Crippen molar-refractivity contribution in [1.29, 1.82) is 0 Å². The van der Waals surface area contributed by atoms with E-state index in [4.69, 9.17) is 4.74 Å². The normalized spacial score (nSPS) is 11.3. The minimum Gasteiger partial charge on any atom is -0.497 e. The number of para-hydroxylation sites is 1. The molecule has 3 aromatic carbocycles. The van der Waals surface area contributed by atoms with Gasteiger partial charge in [-0.15, -0.1) is 10.2 Å². The fraction of sp³-hybridized carbons (Fsp3) is 0.111. The number of fused-ring (bicyclic) bond motifs is 1. The van der Waals surface area contributed by atoms with Crippen LogP contribution in [0.4, 0.5) is 0 Å². The summed E-state index contributed by atoms with van der Waals surface area (Å²) in [6.07, 6.45) is 3.50. The quantitative estimate of drug-likeness (QED) is 0.180. The molecule has 0 fully saturated rings. The van der Waals surface area contributed by atoms with Gasteiger partial charge in [-0.3, -0.25) is 9.36 Å². The van der Waals surface area contributed by atoms with Crippen LogP contribution in [-0.4, -0.2) is 44.7 Å². The number of hydrogen-bond donors (Lipinski definition) is 2. The van der Waals surface area contributed by atoms with Crippen LogP contribution in [0.1, 0.15) is 11.1 Å². The summed E-state index contributed by atoms with van der Waals surface area (Å²) in [5.41, 5.74) is 7.48. The van der Waals surface area contributed by atoms with E-state index in [1.165, 1.54) is 11.8 Å². The lowest BCUT2D eigenvalue weighted by atomic mass is 10.2. The van der Waals surface area contributed by atoms with E-state index in [0.717, 1.165) is 39.0 Å². The highest BCUT2D eigenvalue weighted by molar-refractivity contribution is 7.99. The fourth-order valence-electron chi connectivity index (χ4n) is 3.75. The molecule has 5 rings (SSSR count). The maximum Gasteiger partial charge on any atom is 0.250 e. The SMILES string of the molecule is COc1ccc(-c2nnc(SCC(=O)NN=Cc3c[nH]c4ccccc34)n2-c2ccc(C)cc2)cc1. The minimum absolute atomic E-state index is 0.137. The van der Waals surface area contributed by atoms with E-state index in [0.29, 0.717) is 11.0 Å². The molecule has 36 heavy (non-hydrogen) atoms. The highest BCUT2D eigenvalue weighted by atomic mass is 32.2. The Morgan fingerprint density at radius 2 is 1.86 bits per heavy atom. The number of aryl methyl sites for hydroxylation is 1. The van der Waals surface area contributed by atoms with E-state index in [1.54, 1.807) is 13.3 Å². The van der Waals surface area contributed by atoms with Gasteiger partial charge in [0.1, 0.15) is 5.75 Å². The summed E-state index contributed by atoms with van der Waals surface area (Å²) in [6, 6.07) is 23.7. The number of aromatic nitrogens is 4. The Morgan fingerprint density at radius 1 is 1.08 bits per heavy atom. The molecule has 0 aliphatic rings. The number of thioether (sulfide) groups is 1. The van der Waals surface area contributed by atoms with Crippen molar-refractivity contribution in [3.05, 3.63) is 90.1 Å². The average molecular weight is 497 g/mol. The van der Waals surface area contributed by atoms with Crippen molar-refractivity contribution in [3.63, 3.8) is 0 Å². The molecule has 0 saturated carbocycles. The van der Waals surface area contributed by atoms with Crippen LogP contribution in [0.5, 0.6) is 5.75 Å². The number of methoxy groups -OCH3 is 1. The van der Waals surface area contributed by atoms with E-state index >= 15 is 0 Å². The number of nitrogens with one attached hydrogen (secondary N) is 2. The molecule has 2 heterocycles. The average Bonchev–Trinajstić information content (AvgIpc) is 3.52. The number of nitrogens with zero attached hydrogens (tertiary/aromatic N) is 4. The van der Waals surface area contributed by atoms with Crippen LogP contribution < -0.4 is 10.2 Å². The molecule has 0 atom stereocenters. The highest BCUT2D eigenvalue weighted by Gasteiger charge is 2.17. The Kier molecular flexibility index (Phi) is 6.81. The predicted molar refractivity (Wildman–Crippen MR) is 143 cm³/mol. The van der Waals surface area contributed by atoms with Gasteiger partial charge in [-0.1, -0.05) is 47.7 Å². The topological polar surface area (TPSA) is 97.2 Å². The molecule has 180 valence electrons. The number of amides is 1. The predicted octanol–water partition coefficient (Wildman–Crippen LogP) is 4.98. The maximum atomic E-state index is 12.5. The summed E-state index contributed by atoms with van der Waals surface area (Å²) in [6.45, 7) is 2.04. The molecule has 1 amide bonds. The van der Waals surface area contributed by atoms with E-state index < -0.39 is 0 Å². The van der Waals surface area contributed by atoms with Gasteiger partial charge < -0.3 is 9.72 Å². The molecule has 0 radical (unpaired) electrons. The summed E-state index contributed by atoms with van der Waals surface area (Å²) >= 11 is 1.30. The van der Waals surface area contributed by atoms with Gasteiger partial charge in [0.2, 0.25) is 0 Å². The number of hydrazone groups is 1. The summed E-state index contributed by atoms with van der Waals surface area (Å²) in [5.74, 6) is 1.35. The molecule has 0 spiro atoms. The van der Waals surface area contributed by atoms with Crippen LogP contribution in [0.3, 0.4) is 0 Å². The Bertz CT molecular complexity index is 1520. The molecule has 0 unspecified atom stereocenters. The van der Waals surface area contributed by atoms with Gasteiger partial charge in [0.15, 0.2) is 11.0 Å². The summed E-state index contributed by atoms with van der Waals surface area (Å²) in [5, 5.41) is 14.6. The zero-order valence-corrected chi connectivity index (χ0v) is 20.6. The van der Waals surface area contributed by atoms with E-state index in [2.05, 4.69) is 25.7 Å². The standard InChI is InChI=1S/C27H24N6O2S/c1-18-7-11-21(12-8-18)33-26(19-9-13-22(35-2)14-10-19)31-32-27(33)36-17-25(34)30-29-16-20-15-28-24-6-4-3-5-23(20)24/h3-16,28H,17H2,1-2H3,(H,30,34). The smallest absolute Gasteiger partial charge is 0.250 e. The first-order valence-electron chi connectivity index (χ1n) is 11.3. The van der Waals surface area contributed by atoms with Crippen molar-refractivity contribution >= 4 is 34.8 Å². The molecule has 0 saturated heterocycles. The highest BCUT2D eigenvalue weighted by Crippen LogP contribution is 2.29. The number of carbonyl (C=O) groups excluding carboxylic acids is 1. The largest absolute Gasteiger partial charge is 0.497 e. The van der Waals surface area contributed by atoms with Crippen molar-refractivity contribution in [1.82, 2.24) is 25.2 Å². The number of carbonyl (C=O) groups is 1. The molecular formula is C27H24N6O2S. The van der Waals surface area contributed by atoms with Crippen LogP contribution in [0.15, 0.2) is 89.3 Å². The molecule has 8 nitrogen and oxygen atoms in total. The van der Waals surface area contributed by atoms with E-state index in [-0.39, 0.29) is 11.7 Å².